The van der Waals surface area contributed by atoms with Gasteiger partial charge in [-0.15, -0.1) is 0 Å². The molecule has 22 nitrogen and oxygen atoms in total. The summed E-state index contributed by atoms with van der Waals surface area (Å²) in [5.74, 6) is -7.30. The fraction of sp³-hybridized carbons (Fsp3) is 0.396. The van der Waals surface area contributed by atoms with E-state index in [1.54, 1.807) is 66.7 Å². The van der Waals surface area contributed by atoms with Crippen molar-refractivity contribution in [3.05, 3.63) is 136 Å². The Morgan fingerprint density at radius 2 is 1.32 bits per heavy atom. The second-order valence-corrected chi connectivity index (χ2v) is 21.8. The molecule has 1 aliphatic rings. The third-order valence-corrected chi connectivity index (χ3v) is 15.3. The van der Waals surface area contributed by atoms with Crippen LogP contribution in [0.15, 0.2) is 103 Å². The van der Waals surface area contributed by atoms with Gasteiger partial charge < -0.3 is 70.2 Å². The molecule has 0 bridgehead atoms. The summed E-state index contributed by atoms with van der Waals surface area (Å²) in [4.78, 5) is 111. The van der Waals surface area contributed by atoms with E-state index in [4.69, 9.17) is 34.5 Å². The lowest BCUT2D eigenvalue weighted by molar-refractivity contribution is -0.136. The van der Waals surface area contributed by atoms with Gasteiger partial charge in [-0.05, 0) is 111 Å². The van der Waals surface area contributed by atoms with Crippen molar-refractivity contribution in [2.75, 3.05) is 18.1 Å². The van der Waals surface area contributed by atoms with Gasteiger partial charge in [0.25, 0.3) is 0 Å². The van der Waals surface area contributed by atoms with Crippen LogP contribution in [0, 0.1) is 0 Å². The van der Waals surface area contributed by atoms with Crippen LogP contribution in [0.3, 0.4) is 0 Å². The molecule has 5 rings (SSSR count). The van der Waals surface area contributed by atoms with Crippen LogP contribution in [0.4, 0.5) is 0 Å². The van der Waals surface area contributed by atoms with Crippen LogP contribution in [0.5, 0.6) is 5.75 Å². The predicted octanol–water partition coefficient (Wildman–Crippen LogP) is -0.682. The van der Waals surface area contributed by atoms with Gasteiger partial charge in [0.1, 0.15) is 42.2 Å². The molecule has 0 saturated carbocycles. The third-order valence-electron chi connectivity index (χ3n) is 12.6. The highest BCUT2D eigenvalue weighted by atomic mass is 35.5. The monoisotopic (exact) mass is 1130 g/mol. The van der Waals surface area contributed by atoms with E-state index in [-0.39, 0.29) is 61.5 Å². The smallest absolute Gasteiger partial charge is 0.248 e. The molecule has 1 heterocycles. The third kappa shape index (κ3) is 19.9. The summed E-state index contributed by atoms with van der Waals surface area (Å²) in [6, 6.07) is 16.1. The van der Waals surface area contributed by atoms with E-state index >= 15 is 0 Å². The molecule has 1 saturated heterocycles. The van der Waals surface area contributed by atoms with Gasteiger partial charge >= 0.3 is 0 Å². The zero-order chi connectivity index (χ0) is 56.9. The number of hydrogen-bond acceptors (Lipinski definition) is 16. The van der Waals surface area contributed by atoms with Crippen molar-refractivity contribution in [1.29, 1.82) is 0 Å². The van der Waals surface area contributed by atoms with E-state index in [0.717, 1.165) is 21.6 Å². The summed E-state index contributed by atoms with van der Waals surface area (Å²) >= 11 is 6.08. The molecule has 8 amide bonds. The number of aliphatic hydroxyl groups is 2. The number of aliphatic hydroxyl groups excluding tert-OH is 2. The number of phenolic OH excluding ortho intramolecular Hbond substituents is 1. The standard InChI is InChI=1S/C53H68ClN11O11S2/c1-29(66)44-53(76)64-43(51(74)60-39(46(58)69)24-30-7-3-2-4-8-30)28-78-77-27-42(63-47(70)37(56)23-31-12-18-35(54)19-13-31)52(75)62-41(26-33-14-20-36(67)21-15-33)50(73)61-40(25-32-10-16-34(17-11-32)45(57)68)49(72)59-38(48(71)65-44)9-5-6-22-55/h2-4,7-8,10-21,29,37-44,50,61,66-67,73H,5-6,9,22-28,55-56H2,1H3,(H2,57,68)(H2,58,69)(H,59,72)(H,60,74)(H,62,75)(H,63,70)(H,64,76)(H,65,71)/t29-,37+,38+,39?,40-,41+,42-,43+,44+,50?/m1/s1. The number of amides is 8. The highest BCUT2D eigenvalue weighted by Crippen LogP contribution is 2.24. The molecule has 0 aromatic heterocycles. The summed E-state index contributed by atoms with van der Waals surface area (Å²) in [6.45, 7) is 1.46. The van der Waals surface area contributed by atoms with Gasteiger partial charge in [-0.1, -0.05) is 99.9 Å². The molecule has 1 aliphatic heterocycles. The second-order valence-electron chi connectivity index (χ2n) is 18.8. The van der Waals surface area contributed by atoms with E-state index in [9.17, 15) is 53.7 Å². The van der Waals surface area contributed by atoms with Gasteiger partial charge in [-0.3, -0.25) is 43.7 Å². The summed E-state index contributed by atoms with van der Waals surface area (Å²) in [7, 11) is 1.99. The van der Waals surface area contributed by atoms with Gasteiger partial charge in [-0.2, -0.15) is 0 Å². The summed E-state index contributed by atoms with van der Waals surface area (Å²) < 4.78 is 0. The van der Waals surface area contributed by atoms with Crippen LogP contribution in [0.2, 0.25) is 5.02 Å². The minimum Gasteiger partial charge on any atom is -0.508 e. The van der Waals surface area contributed by atoms with Gasteiger partial charge in [0.15, 0.2) is 0 Å². The van der Waals surface area contributed by atoms with E-state index in [0.29, 0.717) is 40.1 Å². The lowest BCUT2D eigenvalue weighted by Gasteiger charge is -2.32. The Bertz CT molecular complexity index is 2660. The average molecular weight is 1130 g/mol. The molecule has 0 radical (unpaired) electrons. The summed E-state index contributed by atoms with van der Waals surface area (Å²) in [5, 5.41) is 52.6. The number of halogens is 1. The quantitative estimate of drug-likeness (QED) is 0.0409. The van der Waals surface area contributed by atoms with Gasteiger partial charge in [-0.25, -0.2) is 0 Å². The average Bonchev–Trinajstić information content (AvgIpc) is 3.41. The number of rotatable bonds is 19. The Kier molecular flexibility index (Phi) is 24.7. The molecule has 0 aliphatic carbocycles. The van der Waals surface area contributed by atoms with Crippen LogP contribution in [0.25, 0.3) is 0 Å². The maximum Gasteiger partial charge on any atom is 0.248 e. The lowest BCUT2D eigenvalue weighted by Crippen LogP contribution is -2.63. The van der Waals surface area contributed by atoms with Crippen molar-refractivity contribution >= 4 is 80.4 Å². The minimum atomic E-state index is -1.77. The summed E-state index contributed by atoms with van der Waals surface area (Å²) in [5.41, 5.74) is 25.9. The molecule has 10 atom stereocenters. The van der Waals surface area contributed by atoms with E-state index in [1.807, 2.05) is 0 Å². The molecule has 1 fully saturated rings. The Labute approximate surface area is 464 Å². The van der Waals surface area contributed by atoms with E-state index < -0.39 is 108 Å². The molecular weight excluding hydrogens is 1070 g/mol. The van der Waals surface area contributed by atoms with Crippen LogP contribution >= 0.6 is 33.2 Å². The number of benzene rings is 4. The van der Waals surface area contributed by atoms with Crippen LogP contribution in [0.1, 0.15) is 58.8 Å². The SMILES string of the molecule is C[C@@H](O)[C@@H]1NC(=O)[C@H](CCCCN)NC(=O)[C@@H](Cc2ccc(C(N)=O)cc2)NC(O)[C@H](Cc2ccc(O)cc2)NC(=O)[C@H](NC(=O)[C@@H](N)Cc2ccc(Cl)cc2)CSSC[C@@H](C(=O)NC(Cc2ccccc2)C(N)=O)NC1=O. The lowest BCUT2D eigenvalue weighted by atomic mass is 10.00. The molecular formula is C53H68ClN11O11S2. The number of phenols is 1. The first-order chi connectivity index (χ1) is 37.2. The van der Waals surface area contributed by atoms with E-state index in [1.165, 1.54) is 43.3 Å². The number of hydrogen-bond donors (Lipinski definition) is 14. The number of unbranched alkanes of at least 4 members (excludes halogenated alkanes) is 1. The number of carbonyl (C=O) groups excluding carboxylic acids is 8. The van der Waals surface area contributed by atoms with Crippen molar-refractivity contribution in [1.82, 2.24) is 37.2 Å². The Balaban J connectivity index is 1.57. The molecule has 2 unspecified atom stereocenters. The van der Waals surface area contributed by atoms with Crippen LogP contribution < -0.4 is 60.2 Å². The fourth-order valence-corrected chi connectivity index (χ4v) is 10.6. The largest absolute Gasteiger partial charge is 0.508 e. The molecule has 420 valence electrons. The topological polar surface area (TPSA) is 386 Å². The van der Waals surface area contributed by atoms with Crippen molar-refractivity contribution in [2.24, 2.45) is 22.9 Å². The Morgan fingerprint density at radius 1 is 0.718 bits per heavy atom. The number of aromatic hydroxyl groups is 1. The van der Waals surface area contributed by atoms with Gasteiger partial charge in [0.2, 0.25) is 47.3 Å². The first-order valence-electron chi connectivity index (χ1n) is 25.1. The van der Waals surface area contributed by atoms with Gasteiger partial charge in [0.05, 0.1) is 24.2 Å². The van der Waals surface area contributed by atoms with Crippen molar-refractivity contribution in [3.63, 3.8) is 0 Å². The maximum absolute atomic E-state index is 14.7. The molecule has 4 aromatic carbocycles. The molecule has 4 aromatic rings. The highest BCUT2D eigenvalue weighted by molar-refractivity contribution is 8.76. The second kappa shape index (κ2) is 31.0. The first-order valence-corrected chi connectivity index (χ1v) is 28.0. The highest BCUT2D eigenvalue weighted by Gasteiger charge is 2.36. The summed E-state index contributed by atoms with van der Waals surface area (Å²) in [6.07, 6.45) is -2.89. The number of nitrogens with two attached hydrogens (primary N) is 4. The molecule has 0 spiro atoms. The Hall–Kier alpha value is -6.77. The van der Waals surface area contributed by atoms with Crippen molar-refractivity contribution in [3.8, 4) is 5.75 Å². The molecule has 18 N–H and O–H groups in total. The van der Waals surface area contributed by atoms with E-state index in [2.05, 4.69) is 37.2 Å². The van der Waals surface area contributed by atoms with Crippen LogP contribution in [-0.2, 0) is 59.2 Å². The zero-order valence-corrected chi connectivity index (χ0v) is 45.2. The normalized spacial score (nSPS) is 22.2. The predicted molar refractivity (Wildman–Crippen MR) is 297 cm³/mol. The number of primary amides is 2. The first kappa shape index (κ1) is 62.1. The van der Waals surface area contributed by atoms with Gasteiger partial charge in [0, 0.05) is 28.5 Å². The Morgan fingerprint density at radius 3 is 1.95 bits per heavy atom. The number of nitrogens with one attached hydrogen (secondary N) is 7. The minimum absolute atomic E-state index is 0.00880. The van der Waals surface area contributed by atoms with Crippen molar-refractivity contribution in [2.45, 2.75) is 113 Å². The zero-order valence-electron chi connectivity index (χ0n) is 42.8. The number of carbonyl (C=O) groups is 8. The maximum atomic E-state index is 14.7. The fourth-order valence-electron chi connectivity index (χ4n) is 8.14. The molecule has 25 heteroatoms. The van der Waals surface area contributed by atoms with Crippen LogP contribution in [-0.4, -0.2) is 141 Å². The van der Waals surface area contributed by atoms with Crippen molar-refractivity contribution < 1.29 is 53.7 Å². The molecule has 78 heavy (non-hydrogen) atoms.